The Morgan fingerprint density at radius 2 is 2.06 bits per heavy atom. The van der Waals surface area contributed by atoms with E-state index in [0.717, 1.165) is 11.1 Å². The average Bonchev–Trinajstić information content (AvgIpc) is 2.93. The Balaban J connectivity index is 2.25. The van der Waals surface area contributed by atoms with Gasteiger partial charge in [0.05, 0.1) is 0 Å². The molecule has 16 heavy (non-hydrogen) atoms. The summed E-state index contributed by atoms with van der Waals surface area (Å²) in [6.07, 6.45) is 1.70. The number of nitrogens with zero attached hydrogens (tertiary/aromatic N) is 1. The van der Waals surface area contributed by atoms with E-state index in [-0.39, 0.29) is 6.10 Å². The highest BCUT2D eigenvalue weighted by atomic mass is 35.5. The van der Waals surface area contributed by atoms with Crippen LogP contribution in [0, 0.1) is 11.3 Å². The number of hydrogen-bond acceptors (Lipinski definition) is 2. The third kappa shape index (κ3) is 1.97. The number of benzene rings is 1. The van der Waals surface area contributed by atoms with Crippen LogP contribution in [0.25, 0.3) is 0 Å². The van der Waals surface area contributed by atoms with Crippen molar-refractivity contribution in [2.45, 2.75) is 25.6 Å². The summed E-state index contributed by atoms with van der Waals surface area (Å²) >= 11 is 5.81. The molecule has 1 saturated heterocycles. The topological polar surface area (TPSA) is 36.3 Å². The molecule has 1 aromatic rings. The van der Waals surface area contributed by atoms with Gasteiger partial charge in [-0.15, -0.1) is 0 Å². The minimum absolute atomic E-state index is 0.162. The summed E-state index contributed by atoms with van der Waals surface area (Å²) in [7, 11) is 0. The Kier molecular flexibility index (Phi) is 2.75. The van der Waals surface area contributed by atoms with Crippen molar-refractivity contribution < 1.29 is 4.74 Å². The van der Waals surface area contributed by atoms with Crippen LogP contribution >= 0.6 is 11.6 Å². The van der Waals surface area contributed by atoms with Crippen molar-refractivity contribution in [3.05, 3.63) is 46.5 Å². The summed E-state index contributed by atoms with van der Waals surface area (Å²) < 4.78 is 5.51. The molecule has 0 spiro atoms. The zero-order valence-corrected chi connectivity index (χ0v) is 9.95. The van der Waals surface area contributed by atoms with Gasteiger partial charge < -0.3 is 4.74 Å². The summed E-state index contributed by atoms with van der Waals surface area (Å²) in [5.41, 5.74) is 1.30. The van der Waals surface area contributed by atoms with Gasteiger partial charge in [-0.2, -0.15) is 5.26 Å². The maximum absolute atomic E-state index is 9.15. The molecule has 2 rings (SSSR count). The molecule has 3 heteroatoms. The molecule has 0 amide bonds. The van der Waals surface area contributed by atoms with Crippen LogP contribution in [0.1, 0.15) is 25.5 Å². The van der Waals surface area contributed by atoms with E-state index in [1.807, 2.05) is 44.2 Å². The van der Waals surface area contributed by atoms with Gasteiger partial charge in [0.15, 0.2) is 0 Å². The van der Waals surface area contributed by atoms with Crippen LogP contribution in [-0.2, 0) is 4.74 Å². The zero-order valence-electron chi connectivity index (χ0n) is 9.20. The van der Waals surface area contributed by atoms with Gasteiger partial charge in [-0.25, -0.2) is 0 Å². The van der Waals surface area contributed by atoms with Crippen molar-refractivity contribution in [3.63, 3.8) is 0 Å². The largest absolute Gasteiger partial charge is 0.341 e. The number of epoxide rings is 1. The van der Waals surface area contributed by atoms with Crippen molar-refractivity contribution >= 4 is 11.6 Å². The third-order valence-electron chi connectivity index (χ3n) is 2.50. The third-order valence-corrected chi connectivity index (χ3v) is 2.75. The van der Waals surface area contributed by atoms with Crippen LogP contribution in [0.3, 0.4) is 0 Å². The Labute approximate surface area is 100 Å². The Morgan fingerprint density at radius 3 is 2.56 bits per heavy atom. The molecule has 0 saturated carbocycles. The Hall–Kier alpha value is -1.30. The number of allylic oxidation sites excluding steroid dienone is 1. The lowest BCUT2D eigenvalue weighted by Crippen LogP contribution is -2.05. The smallest absolute Gasteiger partial charge is 0.204 e. The van der Waals surface area contributed by atoms with Crippen LogP contribution in [0.15, 0.2) is 35.9 Å². The van der Waals surface area contributed by atoms with Crippen LogP contribution in [0.2, 0.25) is 5.02 Å². The molecular weight excluding hydrogens is 222 g/mol. The first-order chi connectivity index (χ1) is 7.57. The van der Waals surface area contributed by atoms with Crippen LogP contribution < -0.4 is 0 Å². The molecular formula is C13H12ClNO. The molecule has 0 radical (unpaired) electrons. The molecule has 0 aromatic heterocycles. The zero-order chi connectivity index (χ0) is 11.8. The first-order valence-electron chi connectivity index (χ1n) is 5.08. The molecule has 1 aliphatic rings. The van der Waals surface area contributed by atoms with Crippen molar-refractivity contribution in [1.82, 2.24) is 0 Å². The summed E-state index contributed by atoms with van der Waals surface area (Å²) in [5.74, 6) is 0. The predicted octanol–water partition coefficient (Wildman–Crippen LogP) is 3.64. The van der Waals surface area contributed by atoms with Gasteiger partial charge in [-0.3, -0.25) is 0 Å². The number of ether oxygens (including phenoxy) is 1. The van der Waals surface area contributed by atoms with Gasteiger partial charge >= 0.3 is 0 Å². The van der Waals surface area contributed by atoms with E-state index >= 15 is 0 Å². The second-order valence-corrected chi connectivity index (χ2v) is 4.61. The van der Waals surface area contributed by atoms with Crippen molar-refractivity contribution in [2.24, 2.45) is 0 Å². The van der Waals surface area contributed by atoms with E-state index < -0.39 is 5.60 Å². The van der Waals surface area contributed by atoms with Crippen molar-refractivity contribution in [3.8, 4) is 6.07 Å². The monoisotopic (exact) mass is 233 g/mol. The summed E-state index contributed by atoms with van der Waals surface area (Å²) in [4.78, 5) is 0. The fraction of sp³-hybridized carbons (Fsp3) is 0.308. The lowest BCUT2D eigenvalue weighted by Gasteiger charge is -1.99. The molecule has 0 N–H and O–H groups in total. The second-order valence-electron chi connectivity index (χ2n) is 4.18. The van der Waals surface area contributed by atoms with Crippen molar-refractivity contribution in [2.75, 3.05) is 0 Å². The Morgan fingerprint density at radius 1 is 1.44 bits per heavy atom. The van der Waals surface area contributed by atoms with Crippen LogP contribution in [-0.4, -0.2) is 5.60 Å². The maximum Gasteiger partial charge on any atom is 0.204 e. The second kappa shape index (κ2) is 3.93. The highest BCUT2D eigenvalue weighted by molar-refractivity contribution is 6.30. The summed E-state index contributed by atoms with van der Waals surface area (Å²) in [6, 6.07) is 9.62. The molecule has 0 unspecified atom stereocenters. The number of hydrogen-bond donors (Lipinski definition) is 0. The van der Waals surface area contributed by atoms with Gasteiger partial charge in [0.25, 0.3) is 0 Å². The SMILES string of the molecule is CC(C)=C[C@@]1(C#N)O[C@H]1c1ccc(Cl)cc1. The minimum atomic E-state index is -0.771. The summed E-state index contributed by atoms with van der Waals surface area (Å²) in [5, 5.41) is 9.84. The van der Waals surface area contributed by atoms with Gasteiger partial charge in [-0.1, -0.05) is 29.3 Å². The van der Waals surface area contributed by atoms with E-state index in [1.54, 1.807) is 0 Å². The molecule has 1 fully saturated rings. The molecule has 2 nitrogen and oxygen atoms in total. The minimum Gasteiger partial charge on any atom is -0.341 e. The van der Waals surface area contributed by atoms with E-state index in [0.29, 0.717) is 5.02 Å². The molecule has 0 bridgehead atoms. The highest BCUT2D eigenvalue weighted by Crippen LogP contribution is 2.50. The van der Waals surface area contributed by atoms with Crippen LogP contribution in [0.4, 0.5) is 0 Å². The van der Waals surface area contributed by atoms with Gasteiger partial charge in [-0.05, 0) is 37.6 Å². The molecule has 1 aliphatic heterocycles. The molecule has 0 aliphatic carbocycles. The normalized spacial score (nSPS) is 27.0. The number of nitriles is 1. The number of halogens is 1. The average molecular weight is 234 g/mol. The van der Waals surface area contributed by atoms with Gasteiger partial charge in [0, 0.05) is 5.02 Å². The van der Waals surface area contributed by atoms with Gasteiger partial charge in [0.2, 0.25) is 5.60 Å². The molecule has 2 atom stereocenters. The Bertz CT molecular complexity index is 468. The van der Waals surface area contributed by atoms with Gasteiger partial charge in [0.1, 0.15) is 12.2 Å². The quantitative estimate of drug-likeness (QED) is 0.578. The lowest BCUT2D eigenvalue weighted by molar-refractivity contribution is 0.365. The van der Waals surface area contributed by atoms with Crippen molar-refractivity contribution in [1.29, 1.82) is 5.26 Å². The van der Waals surface area contributed by atoms with E-state index in [4.69, 9.17) is 21.6 Å². The molecule has 1 aromatic carbocycles. The fourth-order valence-electron chi connectivity index (χ4n) is 1.77. The maximum atomic E-state index is 9.15. The van der Waals surface area contributed by atoms with E-state index in [1.165, 1.54) is 0 Å². The first kappa shape index (κ1) is 11.2. The van der Waals surface area contributed by atoms with E-state index in [2.05, 4.69) is 6.07 Å². The lowest BCUT2D eigenvalue weighted by atomic mass is 9.99. The highest BCUT2D eigenvalue weighted by Gasteiger charge is 2.56. The number of rotatable bonds is 2. The fourth-order valence-corrected chi connectivity index (χ4v) is 1.90. The first-order valence-corrected chi connectivity index (χ1v) is 5.46. The standard InChI is InChI=1S/C13H12ClNO/c1-9(2)7-13(8-15)12(16-13)10-3-5-11(14)6-4-10/h3-7,12H,1-2H3/t12-,13-/m0/s1. The van der Waals surface area contributed by atoms with Crippen LogP contribution in [0.5, 0.6) is 0 Å². The molecule has 1 heterocycles. The summed E-state index contributed by atoms with van der Waals surface area (Å²) in [6.45, 7) is 3.92. The van der Waals surface area contributed by atoms with E-state index in [9.17, 15) is 0 Å². The molecule has 82 valence electrons. The predicted molar refractivity (Wildman–Crippen MR) is 63.1 cm³/mol.